The Morgan fingerprint density at radius 2 is 2.00 bits per heavy atom. The van der Waals surface area contributed by atoms with Gasteiger partial charge in [0.2, 0.25) is 0 Å². The molecule has 0 aromatic rings. The van der Waals surface area contributed by atoms with Crippen LogP contribution in [0.3, 0.4) is 0 Å². The molecule has 13 heavy (non-hydrogen) atoms. The maximum absolute atomic E-state index is 10.6. The minimum absolute atomic E-state index is 0.0872. The van der Waals surface area contributed by atoms with E-state index in [0.717, 1.165) is 12.0 Å². The van der Waals surface area contributed by atoms with Crippen molar-refractivity contribution in [3.05, 3.63) is 36.5 Å². The summed E-state index contributed by atoms with van der Waals surface area (Å²) in [4.78, 5) is 10.6. The number of hydrogen-bond acceptors (Lipinski definition) is 1. The molecule has 0 rings (SSSR count). The Balaban J connectivity index is 4.15. The van der Waals surface area contributed by atoms with E-state index in [2.05, 4.69) is 19.6 Å². The number of carbonyl (C=O) groups excluding carboxylic acids is 1. The highest BCUT2D eigenvalue weighted by atomic mass is 16.1. The van der Waals surface area contributed by atoms with Crippen LogP contribution in [0, 0.1) is 5.92 Å². The van der Waals surface area contributed by atoms with Crippen LogP contribution in [-0.4, -0.2) is 5.78 Å². The highest BCUT2D eigenvalue weighted by molar-refractivity contribution is 5.87. The van der Waals surface area contributed by atoms with Crippen molar-refractivity contribution in [2.45, 2.75) is 27.2 Å². The van der Waals surface area contributed by atoms with E-state index in [1.54, 1.807) is 13.0 Å². The molecule has 0 amide bonds. The summed E-state index contributed by atoms with van der Waals surface area (Å²) in [5.41, 5.74) is 1.13. The van der Waals surface area contributed by atoms with Gasteiger partial charge in [-0.2, -0.15) is 0 Å². The summed E-state index contributed by atoms with van der Waals surface area (Å²) < 4.78 is 0. The number of hydrogen-bond donors (Lipinski definition) is 0. The maximum atomic E-state index is 10.6. The van der Waals surface area contributed by atoms with Gasteiger partial charge in [0.15, 0.2) is 5.78 Å². The van der Waals surface area contributed by atoms with Crippen LogP contribution in [0.4, 0.5) is 0 Å². The fraction of sp³-hybridized carbons (Fsp3) is 0.417. The summed E-state index contributed by atoms with van der Waals surface area (Å²) in [6.07, 6.45) is 8.46. The molecule has 0 N–H and O–H groups in total. The molecule has 0 aromatic heterocycles. The minimum Gasteiger partial charge on any atom is -0.295 e. The molecule has 1 heteroatoms. The quantitative estimate of drug-likeness (QED) is 0.358. The lowest BCUT2D eigenvalue weighted by Crippen LogP contribution is -1.88. The van der Waals surface area contributed by atoms with Gasteiger partial charge in [-0.05, 0) is 32.3 Å². The standard InChI is InChI=1S/C12H18O/c1-5-6-10(2)9-11(3)7-8-12(4)13/h5,7-10H,1,6H2,2-4H3/b8-7+,11-9+/t10-/m1/s1. The molecule has 0 fully saturated rings. The van der Waals surface area contributed by atoms with Crippen molar-refractivity contribution < 1.29 is 4.79 Å². The molecule has 0 aromatic carbocycles. The Labute approximate surface area is 80.8 Å². The summed E-state index contributed by atoms with van der Waals surface area (Å²) in [5.74, 6) is 0.582. The van der Waals surface area contributed by atoms with Crippen LogP contribution in [0.15, 0.2) is 36.5 Å². The minimum atomic E-state index is 0.0872. The van der Waals surface area contributed by atoms with Gasteiger partial charge in [-0.3, -0.25) is 4.79 Å². The molecule has 1 atom stereocenters. The zero-order valence-electron chi connectivity index (χ0n) is 8.71. The van der Waals surface area contributed by atoms with Crippen LogP contribution in [0.25, 0.3) is 0 Å². The zero-order valence-corrected chi connectivity index (χ0v) is 8.71. The van der Waals surface area contributed by atoms with Crippen LogP contribution < -0.4 is 0 Å². The van der Waals surface area contributed by atoms with Crippen molar-refractivity contribution in [2.24, 2.45) is 5.92 Å². The predicted octanol–water partition coefficient (Wildman–Crippen LogP) is 3.29. The van der Waals surface area contributed by atoms with Gasteiger partial charge in [0.1, 0.15) is 0 Å². The summed E-state index contributed by atoms with van der Waals surface area (Å²) >= 11 is 0. The number of rotatable bonds is 5. The molecule has 0 aliphatic heterocycles. The van der Waals surface area contributed by atoms with Crippen LogP contribution in [0.5, 0.6) is 0 Å². The first kappa shape index (κ1) is 11.9. The van der Waals surface area contributed by atoms with E-state index in [1.165, 1.54) is 0 Å². The number of ketones is 1. The van der Waals surface area contributed by atoms with Gasteiger partial charge in [0.25, 0.3) is 0 Å². The Morgan fingerprint density at radius 3 is 2.46 bits per heavy atom. The third kappa shape index (κ3) is 7.26. The lowest BCUT2D eigenvalue weighted by molar-refractivity contribution is -0.112. The fourth-order valence-corrected chi connectivity index (χ4v) is 1.08. The molecule has 0 aliphatic rings. The van der Waals surface area contributed by atoms with Crippen LogP contribution >= 0.6 is 0 Å². The molecular weight excluding hydrogens is 160 g/mol. The van der Waals surface area contributed by atoms with Crippen LogP contribution in [0.2, 0.25) is 0 Å². The molecule has 0 heterocycles. The lowest BCUT2D eigenvalue weighted by Gasteiger charge is -2.01. The molecule has 1 nitrogen and oxygen atoms in total. The van der Waals surface area contributed by atoms with Crippen molar-refractivity contribution in [3.63, 3.8) is 0 Å². The van der Waals surface area contributed by atoms with Gasteiger partial charge in [-0.15, -0.1) is 6.58 Å². The second-order valence-corrected chi connectivity index (χ2v) is 3.36. The van der Waals surface area contributed by atoms with Crippen molar-refractivity contribution in [2.75, 3.05) is 0 Å². The monoisotopic (exact) mass is 178 g/mol. The maximum Gasteiger partial charge on any atom is 0.152 e. The van der Waals surface area contributed by atoms with Gasteiger partial charge in [-0.1, -0.05) is 30.7 Å². The van der Waals surface area contributed by atoms with Crippen molar-refractivity contribution in [3.8, 4) is 0 Å². The Hall–Kier alpha value is -1.11. The molecule has 0 unspecified atom stereocenters. The van der Waals surface area contributed by atoms with Crippen molar-refractivity contribution in [1.82, 2.24) is 0 Å². The number of allylic oxidation sites excluding steroid dienone is 5. The van der Waals surface area contributed by atoms with Gasteiger partial charge >= 0.3 is 0 Å². The molecule has 0 aliphatic carbocycles. The molecule has 0 bridgehead atoms. The first-order chi connectivity index (χ1) is 6.06. The normalized spacial score (nSPS) is 14.5. The molecule has 0 spiro atoms. The fourth-order valence-electron chi connectivity index (χ4n) is 1.08. The third-order valence-electron chi connectivity index (χ3n) is 1.67. The van der Waals surface area contributed by atoms with E-state index in [4.69, 9.17) is 0 Å². The molecule has 72 valence electrons. The van der Waals surface area contributed by atoms with E-state index in [-0.39, 0.29) is 5.78 Å². The average Bonchev–Trinajstić information content (AvgIpc) is 2.01. The molecular formula is C12H18O. The van der Waals surface area contributed by atoms with E-state index in [9.17, 15) is 4.79 Å². The van der Waals surface area contributed by atoms with Crippen molar-refractivity contribution >= 4 is 5.78 Å². The molecule has 0 saturated carbocycles. The largest absolute Gasteiger partial charge is 0.295 e. The topological polar surface area (TPSA) is 17.1 Å². The van der Waals surface area contributed by atoms with E-state index < -0.39 is 0 Å². The van der Waals surface area contributed by atoms with Gasteiger partial charge in [0.05, 0.1) is 0 Å². The Morgan fingerprint density at radius 1 is 1.38 bits per heavy atom. The lowest BCUT2D eigenvalue weighted by atomic mass is 10.0. The highest BCUT2D eigenvalue weighted by Crippen LogP contribution is 2.08. The smallest absolute Gasteiger partial charge is 0.152 e. The summed E-state index contributed by atoms with van der Waals surface area (Å²) in [6, 6.07) is 0. The van der Waals surface area contributed by atoms with Crippen LogP contribution in [-0.2, 0) is 4.79 Å². The average molecular weight is 178 g/mol. The van der Waals surface area contributed by atoms with Gasteiger partial charge in [0, 0.05) is 0 Å². The highest BCUT2D eigenvalue weighted by Gasteiger charge is 1.93. The second-order valence-electron chi connectivity index (χ2n) is 3.36. The van der Waals surface area contributed by atoms with Crippen molar-refractivity contribution in [1.29, 1.82) is 0 Å². The second kappa shape index (κ2) is 6.41. The third-order valence-corrected chi connectivity index (χ3v) is 1.67. The number of carbonyl (C=O) groups is 1. The summed E-state index contributed by atoms with van der Waals surface area (Å²) in [7, 11) is 0. The Bertz CT molecular complexity index is 234. The SMILES string of the molecule is C=CC[C@@H](C)/C=C(C)/C=C/C(C)=O. The van der Waals surface area contributed by atoms with Gasteiger partial charge < -0.3 is 0 Å². The first-order valence-corrected chi connectivity index (χ1v) is 4.54. The van der Waals surface area contributed by atoms with Crippen LogP contribution in [0.1, 0.15) is 27.2 Å². The van der Waals surface area contributed by atoms with E-state index in [1.807, 2.05) is 19.1 Å². The predicted molar refractivity (Wildman–Crippen MR) is 57.6 cm³/mol. The summed E-state index contributed by atoms with van der Waals surface area (Å²) in [5, 5.41) is 0. The van der Waals surface area contributed by atoms with E-state index in [0.29, 0.717) is 5.92 Å². The molecule has 0 saturated heterocycles. The van der Waals surface area contributed by atoms with Gasteiger partial charge in [-0.25, -0.2) is 0 Å². The zero-order chi connectivity index (χ0) is 10.3. The summed E-state index contributed by atoms with van der Waals surface area (Å²) in [6.45, 7) is 9.36. The first-order valence-electron chi connectivity index (χ1n) is 4.54. The molecule has 0 radical (unpaired) electrons. The van der Waals surface area contributed by atoms with E-state index >= 15 is 0 Å². The Kier molecular flexibility index (Phi) is 5.86.